The van der Waals surface area contributed by atoms with Crippen LogP contribution in [-0.4, -0.2) is 85.3 Å². The SMILES string of the molecule is CN1C2CCCC1CC(NC(=O)c1cccc3oc(NCCN4CCOCC4)nc13)C2. The Bertz CT molecular complexity index is 896. The minimum atomic E-state index is -0.0496. The molecule has 3 aliphatic rings. The number of hydrogen-bond donors (Lipinski definition) is 2. The highest BCUT2D eigenvalue weighted by Gasteiger charge is 2.36. The molecule has 2 N–H and O–H groups in total. The lowest BCUT2D eigenvalue weighted by atomic mass is 9.82. The number of fused-ring (bicyclic) bond motifs is 3. The lowest BCUT2D eigenvalue weighted by Crippen LogP contribution is -2.55. The molecule has 168 valence electrons. The maximum Gasteiger partial charge on any atom is 0.295 e. The van der Waals surface area contributed by atoms with Crippen molar-refractivity contribution in [3.63, 3.8) is 0 Å². The molecule has 0 radical (unpaired) electrons. The van der Waals surface area contributed by atoms with Crippen LogP contribution >= 0.6 is 0 Å². The second-order valence-corrected chi connectivity index (χ2v) is 9.10. The zero-order valence-electron chi connectivity index (χ0n) is 18.3. The zero-order valence-corrected chi connectivity index (χ0v) is 18.3. The lowest BCUT2D eigenvalue weighted by molar-refractivity contribution is 0.0398. The standard InChI is InChI=1S/C23H33N5O3/c1-27-17-4-2-5-18(27)15-16(14-17)25-22(29)19-6-3-7-20-21(19)26-23(31-20)24-8-9-28-10-12-30-13-11-28/h3,6-7,16-18H,2,4-5,8-15H2,1H3,(H,24,26)(H,25,29). The van der Waals surface area contributed by atoms with Gasteiger partial charge in [-0.15, -0.1) is 0 Å². The van der Waals surface area contributed by atoms with E-state index in [1.165, 1.54) is 19.3 Å². The number of carbonyl (C=O) groups excluding carboxylic acids is 1. The third kappa shape index (κ3) is 4.56. The Labute approximate surface area is 183 Å². The largest absolute Gasteiger partial charge is 0.424 e. The van der Waals surface area contributed by atoms with Crippen molar-refractivity contribution in [3.05, 3.63) is 23.8 Å². The van der Waals surface area contributed by atoms with Crippen LogP contribution in [0.5, 0.6) is 0 Å². The smallest absolute Gasteiger partial charge is 0.295 e. The number of nitrogens with zero attached hydrogens (tertiary/aromatic N) is 3. The number of para-hydroxylation sites is 1. The normalized spacial score (nSPS) is 27.3. The van der Waals surface area contributed by atoms with E-state index in [4.69, 9.17) is 9.15 Å². The van der Waals surface area contributed by atoms with E-state index in [-0.39, 0.29) is 11.9 Å². The highest BCUT2D eigenvalue weighted by atomic mass is 16.5. The predicted octanol–water partition coefficient (Wildman–Crippen LogP) is 2.32. The Hall–Kier alpha value is -2.16. The first-order chi connectivity index (χ1) is 15.2. The summed E-state index contributed by atoms with van der Waals surface area (Å²) in [6, 6.07) is 7.44. The average molecular weight is 428 g/mol. The van der Waals surface area contributed by atoms with Crippen molar-refractivity contribution in [2.24, 2.45) is 0 Å². The Kier molecular flexibility index (Phi) is 6.11. The molecular weight excluding hydrogens is 394 g/mol. The number of carbonyl (C=O) groups is 1. The number of rotatable bonds is 6. The van der Waals surface area contributed by atoms with Crippen LogP contribution in [-0.2, 0) is 4.74 Å². The van der Waals surface area contributed by atoms with Crippen molar-refractivity contribution < 1.29 is 13.9 Å². The fourth-order valence-corrected chi connectivity index (χ4v) is 5.35. The number of anilines is 1. The molecule has 1 aromatic carbocycles. The van der Waals surface area contributed by atoms with Gasteiger partial charge in [0.2, 0.25) is 0 Å². The number of benzene rings is 1. The van der Waals surface area contributed by atoms with Gasteiger partial charge in [-0.3, -0.25) is 9.69 Å². The minimum absolute atomic E-state index is 0.0496. The third-order valence-electron chi connectivity index (χ3n) is 7.15. The average Bonchev–Trinajstić information content (AvgIpc) is 3.18. The van der Waals surface area contributed by atoms with Gasteiger partial charge in [-0.05, 0) is 44.9 Å². The number of morpholine rings is 1. The van der Waals surface area contributed by atoms with Gasteiger partial charge in [-0.2, -0.15) is 4.98 Å². The van der Waals surface area contributed by atoms with E-state index in [0.29, 0.717) is 34.8 Å². The van der Waals surface area contributed by atoms with E-state index in [0.717, 1.165) is 52.2 Å². The van der Waals surface area contributed by atoms with Crippen molar-refractivity contribution >= 4 is 23.0 Å². The maximum absolute atomic E-state index is 13.1. The van der Waals surface area contributed by atoms with Gasteiger partial charge in [0, 0.05) is 44.3 Å². The van der Waals surface area contributed by atoms with Gasteiger partial charge in [-0.25, -0.2) is 0 Å². The minimum Gasteiger partial charge on any atom is -0.424 e. The van der Waals surface area contributed by atoms with Gasteiger partial charge in [0.1, 0.15) is 5.52 Å². The first kappa shape index (κ1) is 20.7. The second kappa shape index (κ2) is 9.14. The fourth-order valence-electron chi connectivity index (χ4n) is 5.35. The van der Waals surface area contributed by atoms with Crippen LogP contribution in [0.2, 0.25) is 0 Å². The van der Waals surface area contributed by atoms with Gasteiger partial charge in [-0.1, -0.05) is 12.5 Å². The van der Waals surface area contributed by atoms with Gasteiger partial charge in [0.15, 0.2) is 5.58 Å². The number of aromatic nitrogens is 1. The van der Waals surface area contributed by atoms with Crippen LogP contribution < -0.4 is 10.6 Å². The summed E-state index contributed by atoms with van der Waals surface area (Å²) in [7, 11) is 2.23. The zero-order chi connectivity index (χ0) is 21.2. The van der Waals surface area contributed by atoms with E-state index in [9.17, 15) is 4.79 Å². The molecule has 3 saturated heterocycles. The van der Waals surface area contributed by atoms with E-state index < -0.39 is 0 Å². The van der Waals surface area contributed by atoms with Crippen LogP contribution in [0.25, 0.3) is 11.1 Å². The Morgan fingerprint density at radius 2 is 1.97 bits per heavy atom. The molecule has 1 aromatic heterocycles. The molecule has 0 aliphatic carbocycles. The number of amides is 1. The van der Waals surface area contributed by atoms with Gasteiger partial charge in [0.05, 0.1) is 18.8 Å². The monoisotopic (exact) mass is 427 g/mol. The molecule has 4 heterocycles. The molecule has 8 heteroatoms. The molecule has 5 rings (SSSR count). The van der Waals surface area contributed by atoms with Gasteiger partial charge >= 0.3 is 0 Å². The summed E-state index contributed by atoms with van der Waals surface area (Å²) < 4.78 is 11.2. The van der Waals surface area contributed by atoms with Gasteiger partial charge in [0.25, 0.3) is 11.9 Å². The molecular formula is C23H33N5O3. The van der Waals surface area contributed by atoms with Crippen molar-refractivity contribution in [1.29, 1.82) is 0 Å². The summed E-state index contributed by atoms with van der Waals surface area (Å²) in [6.07, 6.45) is 5.83. The van der Waals surface area contributed by atoms with Gasteiger partial charge < -0.3 is 24.7 Å². The van der Waals surface area contributed by atoms with Crippen molar-refractivity contribution in [2.75, 3.05) is 51.8 Å². The van der Waals surface area contributed by atoms with Crippen LogP contribution in [0.4, 0.5) is 6.01 Å². The quantitative estimate of drug-likeness (QED) is 0.732. The summed E-state index contributed by atoms with van der Waals surface area (Å²) in [6.45, 7) is 5.15. The Morgan fingerprint density at radius 3 is 2.74 bits per heavy atom. The molecule has 3 aliphatic heterocycles. The van der Waals surface area contributed by atoms with E-state index in [1.54, 1.807) is 0 Å². The van der Waals surface area contributed by atoms with Crippen LogP contribution in [0.1, 0.15) is 42.5 Å². The lowest BCUT2D eigenvalue weighted by Gasteiger charge is -2.47. The van der Waals surface area contributed by atoms with E-state index >= 15 is 0 Å². The number of oxazole rings is 1. The topological polar surface area (TPSA) is 82.9 Å². The van der Waals surface area contributed by atoms with Crippen molar-refractivity contribution in [3.8, 4) is 0 Å². The molecule has 0 spiro atoms. The van der Waals surface area contributed by atoms with Crippen LogP contribution in [0.3, 0.4) is 0 Å². The van der Waals surface area contributed by atoms with Crippen LogP contribution in [0, 0.1) is 0 Å². The molecule has 2 atom stereocenters. The Balaban J connectivity index is 1.22. The summed E-state index contributed by atoms with van der Waals surface area (Å²) in [5, 5.41) is 6.55. The summed E-state index contributed by atoms with van der Waals surface area (Å²) in [4.78, 5) is 22.6. The molecule has 2 unspecified atom stereocenters. The molecule has 8 nitrogen and oxygen atoms in total. The summed E-state index contributed by atoms with van der Waals surface area (Å²) >= 11 is 0. The predicted molar refractivity (Wildman–Crippen MR) is 119 cm³/mol. The maximum atomic E-state index is 13.1. The molecule has 2 aromatic rings. The van der Waals surface area contributed by atoms with Crippen molar-refractivity contribution in [2.45, 2.75) is 50.2 Å². The molecule has 3 fully saturated rings. The first-order valence-electron chi connectivity index (χ1n) is 11.6. The number of hydrogen-bond acceptors (Lipinski definition) is 7. The highest BCUT2D eigenvalue weighted by Crippen LogP contribution is 2.33. The fraction of sp³-hybridized carbons (Fsp3) is 0.652. The van der Waals surface area contributed by atoms with Crippen LogP contribution in [0.15, 0.2) is 22.6 Å². The summed E-state index contributed by atoms with van der Waals surface area (Å²) in [5.74, 6) is -0.0496. The first-order valence-corrected chi connectivity index (χ1v) is 11.6. The highest BCUT2D eigenvalue weighted by molar-refractivity contribution is 6.04. The third-order valence-corrected chi connectivity index (χ3v) is 7.15. The second-order valence-electron chi connectivity index (χ2n) is 9.10. The molecule has 1 amide bonds. The van der Waals surface area contributed by atoms with E-state index in [1.807, 2.05) is 18.2 Å². The Morgan fingerprint density at radius 1 is 1.19 bits per heavy atom. The summed E-state index contributed by atoms with van der Waals surface area (Å²) in [5.41, 5.74) is 1.86. The number of piperidine rings is 2. The molecule has 2 bridgehead atoms. The van der Waals surface area contributed by atoms with E-state index in [2.05, 4.69) is 32.5 Å². The molecule has 31 heavy (non-hydrogen) atoms. The van der Waals surface area contributed by atoms with Crippen molar-refractivity contribution in [1.82, 2.24) is 20.1 Å². The number of ether oxygens (including phenoxy) is 1. The molecule has 0 saturated carbocycles. The number of nitrogens with one attached hydrogen (secondary N) is 2.